The molecule has 1 saturated carbocycles. The molecule has 1 unspecified atom stereocenters. The molecule has 1 fully saturated rings. The lowest BCUT2D eigenvalue weighted by Crippen LogP contribution is -2.29. The minimum atomic E-state index is -6.10. The van der Waals surface area contributed by atoms with E-state index in [4.69, 9.17) is 0 Å². The van der Waals surface area contributed by atoms with Gasteiger partial charge in [0.1, 0.15) is 0 Å². The Kier molecular flexibility index (Phi) is 4.95. The van der Waals surface area contributed by atoms with E-state index in [0.29, 0.717) is 0 Å². The molecule has 1 aromatic rings. The van der Waals surface area contributed by atoms with Crippen LogP contribution < -0.4 is 0 Å². The van der Waals surface area contributed by atoms with E-state index in [2.05, 4.69) is 0 Å². The summed E-state index contributed by atoms with van der Waals surface area (Å²) in [4.78, 5) is 0. The van der Waals surface area contributed by atoms with Gasteiger partial charge < -0.3 is 5.11 Å². The third-order valence-electron chi connectivity index (χ3n) is 3.91. The molecule has 0 heterocycles. The van der Waals surface area contributed by atoms with Crippen molar-refractivity contribution in [2.45, 2.75) is 43.7 Å². The molecular formula is C14H8F12O. The van der Waals surface area contributed by atoms with Gasteiger partial charge in [0.25, 0.3) is 0 Å². The molecule has 1 N–H and O–H groups in total. The van der Waals surface area contributed by atoms with Gasteiger partial charge in [-0.3, -0.25) is 0 Å². The summed E-state index contributed by atoms with van der Waals surface area (Å²) in [5, 5.41) is 9.79. The maximum Gasteiger partial charge on any atom is 0.417 e. The minimum Gasteiger partial charge on any atom is -0.388 e. The summed E-state index contributed by atoms with van der Waals surface area (Å²) in [7, 11) is 0. The van der Waals surface area contributed by atoms with E-state index >= 15 is 0 Å². The van der Waals surface area contributed by atoms with Crippen LogP contribution in [0.15, 0.2) is 6.07 Å². The Morgan fingerprint density at radius 3 is 1.22 bits per heavy atom. The summed E-state index contributed by atoms with van der Waals surface area (Å²) in [5.41, 5.74) is -14.3. The van der Waals surface area contributed by atoms with Gasteiger partial charge in [0.15, 0.2) is 0 Å². The molecule has 2 rings (SSSR count). The first-order valence-corrected chi connectivity index (χ1v) is 7.04. The van der Waals surface area contributed by atoms with Crippen LogP contribution in [0.4, 0.5) is 52.7 Å². The standard InChI is InChI=1S/C14H8F12O/c15-11(16,17)5-3-6(12(18,19)20)9(14(24,25)26)7(8(5)13(21,22)23)10(27)4-1-2-4/h3-4,10,27H,1-2H2. The predicted molar refractivity (Wildman–Crippen MR) is 64.1 cm³/mol. The molecular weight excluding hydrogens is 412 g/mol. The van der Waals surface area contributed by atoms with Gasteiger partial charge in [-0.2, -0.15) is 52.7 Å². The van der Waals surface area contributed by atoms with E-state index in [1.165, 1.54) is 0 Å². The number of aliphatic hydroxyl groups is 1. The topological polar surface area (TPSA) is 20.2 Å². The number of aliphatic hydroxyl groups excluding tert-OH is 1. The second kappa shape index (κ2) is 6.17. The van der Waals surface area contributed by atoms with Crippen molar-refractivity contribution in [3.63, 3.8) is 0 Å². The quantitative estimate of drug-likeness (QED) is 0.565. The monoisotopic (exact) mass is 420 g/mol. The summed E-state index contributed by atoms with van der Waals surface area (Å²) in [6, 6.07) is -1.21. The smallest absolute Gasteiger partial charge is 0.388 e. The molecule has 1 nitrogen and oxygen atoms in total. The van der Waals surface area contributed by atoms with Gasteiger partial charge in [-0.1, -0.05) is 0 Å². The number of hydrogen-bond acceptors (Lipinski definition) is 1. The van der Waals surface area contributed by atoms with Crippen LogP contribution in [0.1, 0.15) is 46.8 Å². The molecule has 1 aliphatic carbocycles. The molecule has 1 atom stereocenters. The van der Waals surface area contributed by atoms with Crippen LogP contribution in [0.2, 0.25) is 0 Å². The first-order valence-electron chi connectivity index (χ1n) is 7.04. The zero-order valence-corrected chi connectivity index (χ0v) is 12.6. The van der Waals surface area contributed by atoms with Gasteiger partial charge in [0.2, 0.25) is 0 Å². The maximum absolute atomic E-state index is 13.2. The van der Waals surface area contributed by atoms with E-state index < -0.39 is 70.6 Å². The predicted octanol–water partition coefficient (Wildman–Crippen LogP) is 6.21. The average molecular weight is 420 g/mol. The highest BCUT2D eigenvalue weighted by Gasteiger charge is 2.55. The fourth-order valence-electron chi connectivity index (χ4n) is 2.71. The van der Waals surface area contributed by atoms with Crippen molar-refractivity contribution in [2.75, 3.05) is 0 Å². The van der Waals surface area contributed by atoms with Gasteiger partial charge in [-0.05, 0) is 24.8 Å². The molecule has 27 heavy (non-hydrogen) atoms. The molecule has 154 valence electrons. The summed E-state index contributed by atoms with van der Waals surface area (Å²) >= 11 is 0. The molecule has 0 radical (unpaired) electrons. The van der Waals surface area contributed by atoms with Gasteiger partial charge >= 0.3 is 24.7 Å². The molecule has 0 aliphatic heterocycles. The van der Waals surface area contributed by atoms with Crippen LogP contribution in [-0.4, -0.2) is 5.11 Å². The fraction of sp³-hybridized carbons (Fsp3) is 0.571. The first kappa shape index (κ1) is 21.6. The Bertz CT molecular complexity index is 668. The second-order valence-electron chi connectivity index (χ2n) is 5.91. The van der Waals surface area contributed by atoms with Crippen molar-refractivity contribution < 1.29 is 57.8 Å². The van der Waals surface area contributed by atoms with E-state index in [1.807, 2.05) is 0 Å². The first-order chi connectivity index (χ1) is 11.9. The van der Waals surface area contributed by atoms with Crippen LogP contribution in [0, 0.1) is 5.92 Å². The fourth-order valence-corrected chi connectivity index (χ4v) is 2.71. The zero-order chi connectivity index (χ0) is 21.2. The Labute approximate surface area is 142 Å². The minimum absolute atomic E-state index is 0.145. The third kappa shape index (κ3) is 4.27. The van der Waals surface area contributed by atoms with E-state index in [-0.39, 0.29) is 12.8 Å². The van der Waals surface area contributed by atoms with Crippen LogP contribution in [-0.2, 0) is 24.7 Å². The normalized spacial score (nSPS) is 18.0. The Morgan fingerprint density at radius 2 is 1.00 bits per heavy atom. The van der Waals surface area contributed by atoms with Crippen LogP contribution in [0.25, 0.3) is 0 Å². The van der Waals surface area contributed by atoms with E-state index in [1.54, 1.807) is 0 Å². The van der Waals surface area contributed by atoms with E-state index in [0.717, 1.165) is 0 Å². The molecule has 13 heteroatoms. The highest BCUT2D eigenvalue weighted by atomic mass is 19.4. The highest BCUT2D eigenvalue weighted by Crippen LogP contribution is 2.55. The van der Waals surface area contributed by atoms with Gasteiger partial charge in [-0.25, -0.2) is 0 Å². The summed E-state index contributed by atoms with van der Waals surface area (Å²) in [6.07, 6.45) is -27.4. The van der Waals surface area contributed by atoms with Gasteiger partial charge in [0.05, 0.1) is 28.4 Å². The van der Waals surface area contributed by atoms with Crippen molar-refractivity contribution >= 4 is 0 Å². The Morgan fingerprint density at radius 1 is 0.667 bits per heavy atom. The largest absolute Gasteiger partial charge is 0.417 e. The second-order valence-corrected chi connectivity index (χ2v) is 5.91. The Balaban J connectivity index is 3.10. The molecule has 0 amide bonds. The molecule has 0 bridgehead atoms. The van der Waals surface area contributed by atoms with Crippen molar-refractivity contribution in [2.24, 2.45) is 5.92 Å². The lowest BCUT2D eigenvalue weighted by Gasteiger charge is -2.28. The molecule has 1 aliphatic rings. The van der Waals surface area contributed by atoms with Crippen LogP contribution in [0.5, 0.6) is 0 Å². The SMILES string of the molecule is OC(c1c(C(F)(F)F)c(C(F)(F)F)cc(C(F)(F)F)c1C(F)(F)F)C1CC1. The van der Waals surface area contributed by atoms with Crippen molar-refractivity contribution in [1.82, 2.24) is 0 Å². The summed E-state index contributed by atoms with van der Waals surface area (Å²) in [6.45, 7) is 0. The number of benzene rings is 1. The van der Waals surface area contributed by atoms with Crippen molar-refractivity contribution in [3.8, 4) is 0 Å². The van der Waals surface area contributed by atoms with Crippen LogP contribution >= 0.6 is 0 Å². The third-order valence-corrected chi connectivity index (χ3v) is 3.91. The molecule has 0 saturated heterocycles. The number of rotatable bonds is 2. The summed E-state index contributed by atoms with van der Waals surface area (Å²) < 4.78 is 157. The Hall–Kier alpha value is -1.66. The lowest BCUT2D eigenvalue weighted by molar-refractivity contribution is -0.173. The number of halogens is 12. The molecule has 0 spiro atoms. The van der Waals surface area contributed by atoms with Crippen LogP contribution in [0.3, 0.4) is 0 Å². The van der Waals surface area contributed by atoms with Gasteiger partial charge in [-0.15, -0.1) is 0 Å². The lowest BCUT2D eigenvalue weighted by atomic mass is 9.85. The average Bonchev–Trinajstić information content (AvgIpc) is 3.24. The zero-order valence-electron chi connectivity index (χ0n) is 12.6. The van der Waals surface area contributed by atoms with Crippen molar-refractivity contribution in [1.29, 1.82) is 0 Å². The van der Waals surface area contributed by atoms with Gasteiger partial charge in [0, 0.05) is 5.56 Å². The molecule has 1 aromatic carbocycles. The van der Waals surface area contributed by atoms with Crippen molar-refractivity contribution in [3.05, 3.63) is 33.9 Å². The summed E-state index contributed by atoms with van der Waals surface area (Å²) in [5.74, 6) is -1.31. The number of hydrogen-bond donors (Lipinski definition) is 1. The number of alkyl halides is 12. The molecule has 0 aromatic heterocycles. The maximum atomic E-state index is 13.2. The van der Waals surface area contributed by atoms with E-state index in [9.17, 15) is 57.8 Å². The highest BCUT2D eigenvalue weighted by molar-refractivity contribution is 5.52.